The van der Waals surface area contributed by atoms with Crippen molar-refractivity contribution in [2.24, 2.45) is 0 Å². The van der Waals surface area contributed by atoms with E-state index < -0.39 is 0 Å². The Morgan fingerprint density at radius 1 is 1.20 bits per heavy atom. The predicted octanol–water partition coefficient (Wildman–Crippen LogP) is 3.80. The van der Waals surface area contributed by atoms with E-state index in [1.165, 1.54) is 18.4 Å². The summed E-state index contributed by atoms with van der Waals surface area (Å²) in [7, 11) is 3.70. The predicted molar refractivity (Wildman–Crippen MR) is 84.9 cm³/mol. The molecule has 0 aliphatic rings. The molecule has 0 saturated carbocycles. The van der Waals surface area contributed by atoms with Crippen LogP contribution in [0, 0.1) is 0 Å². The van der Waals surface area contributed by atoms with Crippen LogP contribution in [-0.4, -0.2) is 26.8 Å². The molecule has 1 aromatic rings. The zero-order valence-corrected chi connectivity index (χ0v) is 13.4. The number of methoxy groups -OCH3 is 1. The highest BCUT2D eigenvalue weighted by atomic mass is 16.5. The van der Waals surface area contributed by atoms with Gasteiger partial charge in [0, 0.05) is 6.04 Å². The van der Waals surface area contributed by atoms with Gasteiger partial charge in [0.05, 0.1) is 13.7 Å². The molecule has 20 heavy (non-hydrogen) atoms. The van der Waals surface area contributed by atoms with Crippen LogP contribution in [0.3, 0.4) is 0 Å². The van der Waals surface area contributed by atoms with E-state index in [2.05, 4.69) is 31.3 Å². The first kappa shape index (κ1) is 16.8. The fourth-order valence-electron chi connectivity index (χ4n) is 2.05. The first-order valence-corrected chi connectivity index (χ1v) is 7.68. The Kier molecular flexibility index (Phi) is 8.12. The minimum Gasteiger partial charge on any atom is -0.493 e. The molecule has 0 aromatic heterocycles. The van der Waals surface area contributed by atoms with Crippen molar-refractivity contribution < 1.29 is 9.47 Å². The van der Waals surface area contributed by atoms with Gasteiger partial charge in [-0.25, -0.2) is 0 Å². The topological polar surface area (TPSA) is 30.5 Å². The Bertz CT molecular complexity index is 379. The van der Waals surface area contributed by atoms with Crippen molar-refractivity contribution in [2.45, 2.75) is 52.0 Å². The SMILES string of the molecule is CCCCCOc1ccc(CCC(C)NC)cc1OC. The molecule has 3 heteroatoms. The minimum atomic E-state index is 0.533. The molecule has 1 N–H and O–H groups in total. The zero-order chi connectivity index (χ0) is 14.8. The summed E-state index contributed by atoms with van der Waals surface area (Å²) in [6, 6.07) is 6.80. The smallest absolute Gasteiger partial charge is 0.161 e. The van der Waals surface area contributed by atoms with E-state index in [9.17, 15) is 0 Å². The third-order valence-corrected chi connectivity index (χ3v) is 3.59. The lowest BCUT2D eigenvalue weighted by atomic mass is 10.1. The van der Waals surface area contributed by atoms with Gasteiger partial charge in [0.1, 0.15) is 0 Å². The summed E-state index contributed by atoms with van der Waals surface area (Å²) in [5.74, 6) is 1.70. The summed E-state index contributed by atoms with van der Waals surface area (Å²) in [5, 5.41) is 3.26. The number of nitrogens with one attached hydrogen (secondary N) is 1. The van der Waals surface area contributed by atoms with E-state index in [1.54, 1.807) is 7.11 Å². The van der Waals surface area contributed by atoms with Crippen LogP contribution in [0.15, 0.2) is 18.2 Å². The second-order valence-corrected chi connectivity index (χ2v) is 5.27. The summed E-state index contributed by atoms with van der Waals surface area (Å²) in [6.45, 7) is 5.16. The number of unbranched alkanes of at least 4 members (excludes halogenated alkanes) is 2. The molecule has 0 spiro atoms. The molecule has 1 unspecified atom stereocenters. The quantitative estimate of drug-likeness (QED) is 0.661. The van der Waals surface area contributed by atoms with Crippen LogP contribution in [0.2, 0.25) is 0 Å². The zero-order valence-electron chi connectivity index (χ0n) is 13.4. The number of benzene rings is 1. The lowest BCUT2D eigenvalue weighted by molar-refractivity contribution is 0.286. The highest BCUT2D eigenvalue weighted by molar-refractivity contribution is 5.43. The Balaban J connectivity index is 2.55. The van der Waals surface area contributed by atoms with E-state index in [1.807, 2.05) is 13.1 Å². The average molecular weight is 279 g/mol. The van der Waals surface area contributed by atoms with Crippen LogP contribution in [0.5, 0.6) is 11.5 Å². The standard InChI is InChI=1S/C17H29NO2/c1-5-6-7-12-20-16-11-10-15(13-17(16)19-4)9-8-14(2)18-3/h10-11,13-14,18H,5-9,12H2,1-4H3. The minimum absolute atomic E-state index is 0.533. The van der Waals surface area contributed by atoms with Crippen LogP contribution in [0.1, 0.15) is 45.1 Å². The normalized spacial score (nSPS) is 12.2. The van der Waals surface area contributed by atoms with Crippen molar-refractivity contribution in [1.82, 2.24) is 5.32 Å². The van der Waals surface area contributed by atoms with Crippen molar-refractivity contribution in [3.8, 4) is 11.5 Å². The number of hydrogen-bond acceptors (Lipinski definition) is 3. The molecule has 1 atom stereocenters. The van der Waals surface area contributed by atoms with Gasteiger partial charge in [-0.05, 0) is 50.9 Å². The number of hydrogen-bond donors (Lipinski definition) is 1. The summed E-state index contributed by atoms with van der Waals surface area (Å²) in [4.78, 5) is 0. The van der Waals surface area contributed by atoms with Crippen LogP contribution in [0.4, 0.5) is 0 Å². The second-order valence-electron chi connectivity index (χ2n) is 5.27. The van der Waals surface area contributed by atoms with Gasteiger partial charge in [-0.15, -0.1) is 0 Å². The maximum atomic E-state index is 5.79. The number of rotatable bonds is 10. The molecule has 0 aliphatic carbocycles. The molecular formula is C17H29NO2. The van der Waals surface area contributed by atoms with Crippen molar-refractivity contribution in [2.75, 3.05) is 20.8 Å². The summed E-state index contributed by atoms with van der Waals surface area (Å²) in [6.07, 6.45) is 5.69. The fourth-order valence-corrected chi connectivity index (χ4v) is 2.05. The molecule has 0 bridgehead atoms. The third-order valence-electron chi connectivity index (χ3n) is 3.59. The van der Waals surface area contributed by atoms with Gasteiger partial charge < -0.3 is 14.8 Å². The fraction of sp³-hybridized carbons (Fsp3) is 0.647. The molecule has 1 aromatic carbocycles. The third kappa shape index (κ3) is 5.83. The van der Waals surface area contributed by atoms with E-state index in [0.717, 1.165) is 37.4 Å². The van der Waals surface area contributed by atoms with Crippen LogP contribution >= 0.6 is 0 Å². The molecule has 0 amide bonds. The highest BCUT2D eigenvalue weighted by Crippen LogP contribution is 2.28. The van der Waals surface area contributed by atoms with E-state index >= 15 is 0 Å². The van der Waals surface area contributed by atoms with Gasteiger partial charge in [-0.1, -0.05) is 25.8 Å². The molecule has 3 nitrogen and oxygen atoms in total. The maximum absolute atomic E-state index is 5.79. The van der Waals surface area contributed by atoms with Crippen molar-refractivity contribution in [3.63, 3.8) is 0 Å². The second kappa shape index (κ2) is 9.65. The largest absolute Gasteiger partial charge is 0.493 e. The molecule has 1 rings (SSSR count). The van der Waals surface area contributed by atoms with Crippen molar-refractivity contribution >= 4 is 0 Å². The van der Waals surface area contributed by atoms with Crippen LogP contribution < -0.4 is 14.8 Å². The summed E-state index contributed by atoms with van der Waals surface area (Å²) in [5.41, 5.74) is 1.30. The summed E-state index contributed by atoms with van der Waals surface area (Å²) >= 11 is 0. The molecule has 114 valence electrons. The first-order chi connectivity index (χ1) is 9.71. The van der Waals surface area contributed by atoms with Crippen LogP contribution in [0.25, 0.3) is 0 Å². The molecule has 0 aliphatic heterocycles. The lowest BCUT2D eigenvalue weighted by Gasteiger charge is -2.13. The van der Waals surface area contributed by atoms with Gasteiger partial charge in [-0.3, -0.25) is 0 Å². The Morgan fingerprint density at radius 2 is 2.00 bits per heavy atom. The van der Waals surface area contributed by atoms with Gasteiger partial charge in [-0.2, -0.15) is 0 Å². The number of ether oxygens (including phenoxy) is 2. The first-order valence-electron chi connectivity index (χ1n) is 7.68. The summed E-state index contributed by atoms with van der Waals surface area (Å²) < 4.78 is 11.2. The Labute approximate surface area is 123 Å². The average Bonchev–Trinajstić information content (AvgIpc) is 2.49. The lowest BCUT2D eigenvalue weighted by Crippen LogP contribution is -2.21. The Hall–Kier alpha value is -1.22. The molecule has 0 heterocycles. The van der Waals surface area contributed by atoms with Crippen molar-refractivity contribution in [1.29, 1.82) is 0 Å². The molecule has 0 saturated heterocycles. The van der Waals surface area contributed by atoms with Crippen molar-refractivity contribution in [3.05, 3.63) is 23.8 Å². The van der Waals surface area contributed by atoms with Gasteiger partial charge >= 0.3 is 0 Å². The van der Waals surface area contributed by atoms with Gasteiger partial charge in [0.2, 0.25) is 0 Å². The number of aryl methyl sites for hydroxylation is 1. The van der Waals surface area contributed by atoms with E-state index in [0.29, 0.717) is 6.04 Å². The maximum Gasteiger partial charge on any atom is 0.161 e. The monoisotopic (exact) mass is 279 g/mol. The molecule has 0 fully saturated rings. The van der Waals surface area contributed by atoms with E-state index in [4.69, 9.17) is 9.47 Å². The molecule has 0 radical (unpaired) electrons. The van der Waals surface area contributed by atoms with E-state index in [-0.39, 0.29) is 0 Å². The molecular weight excluding hydrogens is 250 g/mol. The highest BCUT2D eigenvalue weighted by Gasteiger charge is 2.07. The Morgan fingerprint density at radius 3 is 2.65 bits per heavy atom. The van der Waals surface area contributed by atoms with Gasteiger partial charge in [0.15, 0.2) is 11.5 Å². The van der Waals surface area contributed by atoms with Crippen LogP contribution in [-0.2, 0) is 6.42 Å². The van der Waals surface area contributed by atoms with Gasteiger partial charge in [0.25, 0.3) is 0 Å².